The van der Waals surface area contributed by atoms with E-state index in [9.17, 15) is 9.59 Å². The standard InChI is InChI=1S/C32H36Cl2N2O3/c1-22-13-16-28(17-23(22)2)39-21-31(37)36(20-25-14-15-26(33)19-29(25)34)30(18-24-9-5-3-6-10-24)32(38)35-27-11-7-4-8-12-27/h3,5-6,9-10,13-17,19,27,30H,4,7-8,11-12,18,20-21H2,1-2H3,(H,35,38)/t30-/m0/s1. The highest BCUT2D eigenvalue weighted by Crippen LogP contribution is 2.25. The van der Waals surface area contributed by atoms with Crippen LogP contribution in [-0.2, 0) is 22.6 Å². The van der Waals surface area contributed by atoms with Crippen LogP contribution < -0.4 is 10.1 Å². The Kier molecular flexibility index (Phi) is 10.3. The van der Waals surface area contributed by atoms with Crippen LogP contribution in [-0.4, -0.2) is 35.4 Å². The molecular formula is C32H36Cl2N2O3. The number of aryl methyl sites for hydroxylation is 2. The number of carbonyl (C=O) groups excluding carboxylic acids is 2. The molecular weight excluding hydrogens is 531 g/mol. The monoisotopic (exact) mass is 566 g/mol. The second-order valence-corrected chi connectivity index (χ2v) is 11.2. The van der Waals surface area contributed by atoms with Gasteiger partial charge in [0, 0.05) is 29.1 Å². The van der Waals surface area contributed by atoms with Crippen LogP contribution in [0.2, 0.25) is 10.0 Å². The van der Waals surface area contributed by atoms with Crippen molar-refractivity contribution in [2.24, 2.45) is 0 Å². The molecule has 1 aliphatic carbocycles. The Hall–Kier alpha value is -3.02. The Bertz CT molecular complexity index is 1280. The second-order valence-electron chi connectivity index (χ2n) is 10.3. The van der Waals surface area contributed by atoms with E-state index in [1.807, 2.05) is 62.4 Å². The fourth-order valence-electron chi connectivity index (χ4n) is 4.96. The van der Waals surface area contributed by atoms with Crippen LogP contribution in [0.5, 0.6) is 5.75 Å². The van der Waals surface area contributed by atoms with Gasteiger partial charge in [0.2, 0.25) is 5.91 Å². The Labute approximate surface area is 241 Å². The summed E-state index contributed by atoms with van der Waals surface area (Å²) in [6, 6.07) is 20.1. The lowest BCUT2D eigenvalue weighted by Gasteiger charge is -2.33. The van der Waals surface area contributed by atoms with Gasteiger partial charge in [0.1, 0.15) is 11.8 Å². The summed E-state index contributed by atoms with van der Waals surface area (Å²) < 4.78 is 5.92. The van der Waals surface area contributed by atoms with Crippen molar-refractivity contribution in [2.45, 2.75) is 71.0 Å². The third-order valence-corrected chi connectivity index (χ3v) is 8.01. The van der Waals surface area contributed by atoms with E-state index in [0.29, 0.717) is 27.8 Å². The number of ether oxygens (including phenoxy) is 1. The average molecular weight is 568 g/mol. The summed E-state index contributed by atoms with van der Waals surface area (Å²) in [5, 5.41) is 4.20. The normalized spacial score (nSPS) is 14.5. The van der Waals surface area contributed by atoms with Gasteiger partial charge in [-0.15, -0.1) is 0 Å². The first-order valence-corrected chi connectivity index (χ1v) is 14.3. The first-order valence-electron chi connectivity index (χ1n) is 13.6. The highest BCUT2D eigenvalue weighted by atomic mass is 35.5. The third kappa shape index (κ3) is 8.23. The maximum Gasteiger partial charge on any atom is 0.261 e. The first-order chi connectivity index (χ1) is 18.8. The van der Waals surface area contributed by atoms with Crippen molar-refractivity contribution in [3.8, 4) is 5.75 Å². The van der Waals surface area contributed by atoms with Gasteiger partial charge in [-0.05, 0) is 73.2 Å². The van der Waals surface area contributed by atoms with Crippen molar-refractivity contribution in [3.05, 3.63) is 99.0 Å². The molecule has 3 aromatic rings. The molecule has 206 valence electrons. The van der Waals surface area contributed by atoms with E-state index >= 15 is 0 Å². The molecule has 0 spiro atoms. The maximum absolute atomic E-state index is 13.8. The van der Waals surface area contributed by atoms with Crippen LogP contribution in [0.25, 0.3) is 0 Å². The summed E-state index contributed by atoms with van der Waals surface area (Å²) in [7, 11) is 0. The molecule has 39 heavy (non-hydrogen) atoms. The van der Waals surface area contributed by atoms with E-state index in [4.69, 9.17) is 27.9 Å². The molecule has 1 aliphatic rings. The summed E-state index contributed by atoms with van der Waals surface area (Å²) in [6.45, 7) is 3.99. The van der Waals surface area contributed by atoms with Gasteiger partial charge in [-0.3, -0.25) is 9.59 Å². The van der Waals surface area contributed by atoms with Crippen LogP contribution in [0.1, 0.15) is 54.4 Å². The van der Waals surface area contributed by atoms with Crippen LogP contribution in [0.15, 0.2) is 66.7 Å². The van der Waals surface area contributed by atoms with Gasteiger partial charge in [-0.1, -0.05) is 84.9 Å². The molecule has 0 aliphatic heterocycles. The first kappa shape index (κ1) is 29.0. The highest BCUT2D eigenvalue weighted by molar-refractivity contribution is 6.35. The van der Waals surface area contributed by atoms with E-state index in [2.05, 4.69) is 5.32 Å². The van der Waals surface area contributed by atoms with Gasteiger partial charge in [-0.2, -0.15) is 0 Å². The van der Waals surface area contributed by atoms with Crippen LogP contribution in [0.4, 0.5) is 0 Å². The minimum Gasteiger partial charge on any atom is -0.484 e. The number of nitrogens with one attached hydrogen (secondary N) is 1. The Morgan fingerprint density at radius 3 is 2.38 bits per heavy atom. The zero-order valence-corrected chi connectivity index (χ0v) is 24.1. The Morgan fingerprint density at radius 2 is 1.69 bits per heavy atom. The summed E-state index contributed by atoms with van der Waals surface area (Å²) in [5.74, 6) is 0.163. The zero-order chi connectivity index (χ0) is 27.8. The lowest BCUT2D eigenvalue weighted by Crippen LogP contribution is -2.53. The molecule has 3 aromatic carbocycles. The smallest absolute Gasteiger partial charge is 0.261 e. The van der Waals surface area contributed by atoms with Crippen molar-refractivity contribution in [2.75, 3.05) is 6.61 Å². The molecule has 2 amide bonds. The van der Waals surface area contributed by atoms with E-state index in [-0.39, 0.29) is 31.0 Å². The van der Waals surface area contributed by atoms with Crippen molar-refractivity contribution in [1.82, 2.24) is 10.2 Å². The van der Waals surface area contributed by atoms with E-state index < -0.39 is 6.04 Å². The lowest BCUT2D eigenvalue weighted by atomic mass is 9.94. The van der Waals surface area contributed by atoms with Crippen molar-refractivity contribution < 1.29 is 14.3 Å². The molecule has 0 saturated heterocycles. The van der Waals surface area contributed by atoms with Crippen LogP contribution in [0.3, 0.4) is 0 Å². The SMILES string of the molecule is Cc1ccc(OCC(=O)N(Cc2ccc(Cl)cc2Cl)[C@@H](Cc2ccccc2)C(=O)NC2CCCCC2)cc1C. The highest BCUT2D eigenvalue weighted by Gasteiger charge is 2.32. The van der Waals surface area contributed by atoms with Gasteiger partial charge < -0.3 is 15.0 Å². The van der Waals surface area contributed by atoms with E-state index in [1.54, 1.807) is 23.1 Å². The quantitative estimate of drug-likeness (QED) is 0.285. The minimum atomic E-state index is -0.739. The zero-order valence-electron chi connectivity index (χ0n) is 22.6. The van der Waals surface area contributed by atoms with Gasteiger partial charge in [0.15, 0.2) is 6.61 Å². The molecule has 4 rings (SSSR count). The molecule has 1 N–H and O–H groups in total. The van der Waals surface area contributed by atoms with Gasteiger partial charge >= 0.3 is 0 Å². The number of benzene rings is 3. The molecule has 0 heterocycles. The van der Waals surface area contributed by atoms with E-state index in [0.717, 1.165) is 42.4 Å². The molecule has 7 heteroatoms. The van der Waals surface area contributed by atoms with Gasteiger partial charge in [-0.25, -0.2) is 0 Å². The minimum absolute atomic E-state index is 0.118. The third-order valence-electron chi connectivity index (χ3n) is 7.42. The fraction of sp³-hybridized carbons (Fsp3) is 0.375. The largest absolute Gasteiger partial charge is 0.484 e. The number of carbonyl (C=O) groups is 2. The molecule has 0 bridgehead atoms. The van der Waals surface area contributed by atoms with Crippen LogP contribution in [0, 0.1) is 13.8 Å². The fourth-order valence-corrected chi connectivity index (χ4v) is 5.43. The number of amides is 2. The molecule has 1 saturated carbocycles. The van der Waals surface area contributed by atoms with Crippen molar-refractivity contribution in [3.63, 3.8) is 0 Å². The lowest BCUT2D eigenvalue weighted by molar-refractivity contribution is -0.143. The van der Waals surface area contributed by atoms with E-state index in [1.165, 1.54) is 6.42 Å². The molecule has 0 unspecified atom stereocenters. The summed E-state index contributed by atoms with van der Waals surface area (Å²) >= 11 is 12.7. The van der Waals surface area contributed by atoms with Crippen LogP contribution >= 0.6 is 23.2 Å². The maximum atomic E-state index is 13.8. The van der Waals surface area contributed by atoms with Crippen molar-refractivity contribution >= 4 is 35.0 Å². The summed E-state index contributed by atoms with van der Waals surface area (Å²) in [5.41, 5.74) is 3.91. The van der Waals surface area contributed by atoms with Gasteiger partial charge in [0.25, 0.3) is 5.91 Å². The predicted molar refractivity (Wildman–Crippen MR) is 157 cm³/mol. The Balaban J connectivity index is 1.63. The number of hydrogen-bond donors (Lipinski definition) is 1. The molecule has 0 radical (unpaired) electrons. The predicted octanol–water partition coefficient (Wildman–Crippen LogP) is 7.08. The molecule has 1 atom stereocenters. The molecule has 5 nitrogen and oxygen atoms in total. The number of rotatable bonds is 10. The Morgan fingerprint density at radius 1 is 0.949 bits per heavy atom. The number of nitrogens with zero attached hydrogens (tertiary/aromatic N) is 1. The summed E-state index contributed by atoms with van der Waals surface area (Å²) in [6.07, 6.45) is 5.67. The molecule has 1 fully saturated rings. The summed E-state index contributed by atoms with van der Waals surface area (Å²) in [4.78, 5) is 29.3. The van der Waals surface area contributed by atoms with Gasteiger partial charge in [0.05, 0.1) is 0 Å². The van der Waals surface area contributed by atoms with Crippen molar-refractivity contribution in [1.29, 1.82) is 0 Å². The second kappa shape index (κ2) is 13.9. The number of hydrogen-bond acceptors (Lipinski definition) is 3. The average Bonchev–Trinajstić information content (AvgIpc) is 2.93. The number of halogens is 2. The molecule has 0 aromatic heterocycles. The topological polar surface area (TPSA) is 58.6 Å².